The van der Waals surface area contributed by atoms with Gasteiger partial charge < -0.3 is 10.7 Å². The first-order valence-corrected chi connectivity index (χ1v) is 6.83. The largest absolute Gasteiger partial charge is 0.369 e. The number of benzene rings is 2. The number of nitrogens with one attached hydrogen (secondary N) is 2. The zero-order chi connectivity index (χ0) is 17.6. The highest BCUT2D eigenvalue weighted by Crippen LogP contribution is 2.27. The fraction of sp³-hybridized carbons (Fsp3) is 0. The molecule has 0 saturated heterocycles. The van der Waals surface area contributed by atoms with Gasteiger partial charge in [-0.3, -0.25) is 10.6 Å². The molecule has 0 unspecified atom stereocenters. The third-order valence-electron chi connectivity index (χ3n) is 3.29. The number of rotatable bonds is 2. The number of H-pyrrole nitrogens is 1. The predicted molar refractivity (Wildman–Crippen MR) is 82.9 cm³/mol. The summed E-state index contributed by atoms with van der Waals surface area (Å²) in [6.45, 7) is 0. The van der Waals surface area contributed by atoms with E-state index in [1.165, 1.54) is 0 Å². The molecule has 0 aliphatic carbocycles. The second kappa shape index (κ2) is 5.69. The fourth-order valence-corrected chi connectivity index (χ4v) is 2.34. The minimum absolute atomic E-state index is 0.0447. The highest BCUT2D eigenvalue weighted by molar-refractivity contribution is 6.31. The molecule has 24 heavy (non-hydrogen) atoms. The van der Waals surface area contributed by atoms with Gasteiger partial charge in [0.05, 0.1) is 16.2 Å². The summed E-state index contributed by atoms with van der Waals surface area (Å²) >= 11 is 5.63. The zero-order valence-electron chi connectivity index (χ0n) is 11.7. The first-order chi connectivity index (χ1) is 11.3. The van der Waals surface area contributed by atoms with E-state index in [4.69, 9.17) is 22.7 Å². The van der Waals surface area contributed by atoms with Crippen LogP contribution in [0.25, 0.3) is 11.0 Å². The molecule has 10 heteroatoms. The fourth-order valence-electron chi connectivity index (χ4n) is 2.17. The Morgan fingerprint density at radius 3 is 2.62 bits per heavy atom. The van der Waals surface area contributed by atoms with E-state index in [9.17, 15) is 18.4 Å². The number of aromatic amines is 1. The minimum atomic E-state index is -1.26. The van der Waals surface area contributed by atoms with E-state index in [1.807, 2.05) is 0 Å². The van der Waals surface area contributed by atoms with Gasteiger partial charge in [-0.1, -0.05) is 11.6 Å². The van der Waals surface area contributed by atoms with Crippen LogP contribution >= 0.6 is 11.6 Å². The Balaban J connectivity index is 2.11. The number of nitrogens with zero attached hydrogens (tertiary/aromatic N) is 2. The Labute approximate surface area is 137 Å². The number of aromatic nitrogens is 2. The van der Waals surface area contributed by atoms with Crippen LogP contribution in [-0.4, -0.2) is 21.0 Å². The monoisotopic (exact) mass is 355 g/mol. The second-order valence-electron chi connectivity index (χ2n) is 4.82. The molecule has 0 spiro atoms. The molecule has 1 heterocycles. The van der Waals surface area contributed by atoms with Crippen molar-refractivity contribution < 1.29 is 18.4 Å². The van der Waals surface area contributed by atoms with E-state index in [0.29, 0.717) is 11.1 Å². The standard InChI is InChI=1S/C14H9ClF3N5O/c15-7-3-5(1-2-8(7)16)23(24)13(19)6-4-9(17)10(18)12-11(6)21-14(20)22-12/h1-4,19,24H,(H3,20,21,22). The Morgan fingerprint density at radius 2 is 1.96 bits per heavy atom. The quantitative estimate of drug-likeness (QED) is 0.321. The number of hydrogen-bond acceptors (Lipinski definition) is 4. The number of fused-ring (bicyclic) bond motifs is 1. The molecular formula is C14H9ClF3N5O. The molecule has 0 amide bonds. The lowest BCUT2D eigenvalue weighted by atomic mass is 10.1. The number of anilines is 2. The normalized spacial score (nSPS) is 11.0. The summed E-state index contributed by atoms with van der Waals surface area (Å²) in [5.74, 6) is -4.01. The number of hydroxylamine groups is 1. The Morgan fingerprint density at radius 1 is 1.25 bits per heavy atom. The zero-order valence-corrected chi connectivity index (χ0v) is 12.5. The van der Waals surface area contributed by atoms with Gasteiger partial charge in [-0.2, -0.15) is 0 Å². The van der Waals surface area contributed by atoms with Crippen molar-refractivity contribution in [3.63, 3.8) is 0 Å². The summed E-state index contributed by atoms with van der Waals surface area (Å²) in [6, 6.07) is 3.94. The van der Waals surface area contributed by atoms with Crippen molar-refractivity contribution in [3.05, 3.63) is 52.3 Å². The Bertz CT molecular complexity index is 975. The highest BCUT2D eigenvalue weighted by atomic mass is 35.5. The van der Waals surface area contributed by atoms with Crippen LogP contribution in [0.4, 0.5) is 24.8 Å². The van der Waals surface area contributed by atoms with E-state index in [1.54, 1.807) is 0 Å². The molecule has 2 aromatic carbocycles. The molecule has 124 valence electrons. The van der Waals surface area contributed by atoms with Gasteiger partial charge in [0.2, 0.25) is 0 Å². The van der Waals surface area contributed by atoms with Crippen LogP contribution in [-0.2, 0) is 0 Å². The van der Waals surface area contributed by atoms with Crippen molar-refractivity contribution in [1.82, 2.24) is 9.97 Å². The lowest BCUT2D eigenvalue weighted by molar-refractivity contribution is 0.312. The van der Waals surface area contributed by atoms with Crippen molar-refractivity contribution in [2.75, 3.05) is 10.8 Å². The molecule has 1 aromatic heterocycles. The van der Waals surface area contributed by atoms with Crippen molar-refractivity contribution in [2.45, 2.75) is 0 Å². The van der Waals surface area contributed by atoms with Crippen molar-refractivity contribution in [2.24, 2.45) is 0 Å². The predicted octanol–water partition coefficient (Wildman–Crippen LogP) is 3.44. The van der Waals surface area contributed by atoms with Crippen molar-refractivity contribution in [3.8, 4) is 0 Å². The third kappa shape index (κ3) is 2.53. The molecule has 0 aliphatic rings. The molecule has 3 rings (SSSR count). The van der Waals surface area contributed by atoms with Gasteiger partial charge >= 0.3 is 0 Å². The van der Waals surface area contributed by atoms with Crippen LogP contribution in [0.3, 0.4) is 0 Å². The second-order valence-corrected chi connectivity index (χ2v) is 5.23. The SMILES string of the molecule is N=C(c1cc(F)c(F)c2nc(N)[nH]c12)N(O)c1ccc(F)c(Cl)c1. The molecule has 0 radical (unpaired) electrons. The van der Waals surface area contributed by atoms with Crippen LogP contribution < -0.4 is 10.8 Å². The highest BCUT2D eigenvalue weighted by Gasteiger charge is 2.22. The molecule has 0 atom stereocenters. The van der Waals surface area contributed by atoms with Gasteiger partial charge in [0.1, 0.15) is 11.3 Å². The van der Waals surface area contributed by atoms with Crippen LogP contribution in [0, 0.1) is 22.9 Å². The van der Waals surface area contributed by atoms with Crippen molar-refractivity contribution in [1.29, 1.82) is 5.41 Å². The average Bonchev–Trinajstić information content (AvgIpc) is 2.94. The summed E-state index contributed by atoms with van der Waals surface area (Å²) in [6.07, 6.45) is 0. The number of halogens is 4. The van der Waals surface area contributed by atoms with Gasteiger partial charge in [0.15, 0.2) is 23.4 Å². The number of hydrogen-bond donors (Lipinski definition) is 4. The summed E-state index contributed by atoms with van der Waals surface area (Å²) in [5.41, 5.74) is 4.73. The number of nitrogens with two attached hydrogens (primary N) is 1. The third-order valence-corrected chi connectivity index (χ3v) is 3.58. The van der Waals surface area contributed by atoms with E-state index in [2.05, 4.69) is 9.97 Å². The molecule has 0 aliphatic heterocycles. The van der Waals surface area contributed by atoms with Crippen molar-refractivity contribution >= 4 is 40.1 Å². The summed E-state index contributed by atoms with van der Waals surface area (Å²) < 4.78 is 40.7. The summed E-state index contributed by atoms with van der Waals surface area (Å²) in [4.78, 5) is 6.11. The van der Waals surface area contributed by atoms with E-state index < -0.39 is 28.8 Å². The molecule has 0 fully saturated rings. The minimum Gasteiger partial charge on any atom is -0.369 e. The van der Waals surface area contributed by atoms with Crippen LogP contribution in [0.2, 0.25) is 5.02 Å². The van der Waals surface area contributed by atoms with E-state index >= 15 is 0 Å². The van der Waals surface area contributed by atoms with Gasteiger partial charge in [-0.05, 0) is 24.3 Å². The van der Waals surface area contributed by atoms with Gasteiger partial charge in [0, 0.05) is 5.56 Å². The number of nitrogen functional groups attached to an aromatic ring is 1. The maximum Gasteiger partial charge on any atom is 0.198 e. The van der Waals surface area contributed by atoms with Gasteiger partial charge in [-0.25, -0.2) is 23.2 Å². The summed E-state index contributed by atoms with van der Waals surface area (Å²) in [7, 11) is 0. The summed E-state index contributed by atoms with van der Waals surface area (Å²) in [5, 5.41) is 18.2. The topological polar surface area (TPSA) is 102 Å². The lowest BCUT2D eigenvalue weighted by Gasteiger charge is -2.18. The molecule has 0 bridgehead atoms. The molecule has 6 nitrogen and oxygen atoms in total. The average molecular weight is 356 g/mol. The smallest absolute Gasteiger partial charge is 0.198 e. The van der Waals surface area contributed by atoms with E-state index in [0.717, 1.165) is 18.2 Å². The number of amidine groups is 1. The first kappa shape index (κ1) is 16.1. The molecule has 3 aromatic rings. The number of imidazole rings is 1. The van der Waals surface area contributed by atoms with Crippen LogP contribution in [0.15, 0.2) is 24.3 Å². The maximum atomic E-state index is 13.8. The molecular weight excluding hydrogens is 347 g/mol. The van der Waals surface area contributed by atoms with Crippen LogP contribution in [0.5, 0.6) is 0 Å². The maximum absolute atomic E-state index is 13.8. The Kier molecular flexibility index (Phi) is 3.82. The van der Waals surface area contributed by atoms with Crippen LogP contribution in [0.1, 0.15) is 5.56 Å². The van der Waals surface area contributed by atoms with Gasteiger partial charge in [-0.15, -0.1) is 0 Å². The Hall–Kier alpha value is -2.78. The van der Waals surface area contributed by atoms with E-state index in [-0.39, 0.29) is 27.7 Å². The first-order valence-electron chi connectivity index (χ1n) is 6.45. The lowest BCUT2D eigenvalue weighted by Crippen LogP contribution is -2.27. The molecule has 5 N–H and O–H groups in total. The molecule has 0 saturated carbocycles. The van der Waals surface area contributed by atoms with Gasteiger partial charge in [0.25, 0.3) is 0 Å².